The Morgan fingerprint density at radius 1 is 1.46 bits per heavy atom. The quantitative estimate of drug-likeness (QED) is 0.680. The fraction of sp³-hybridized carbons (Fsp3) is 0.375. The van der Waals surface area contributed by atoms with E-state index in [1.165, 1.54) is 18.4 Å². The predicted molar refractivity (Wildman–Crippen MR) is 84.9 cm³/mol. The zero-order chi connectivity index (χ0) is 16.9. The van der Waals surface area contributed by atoms with Crippen molar-refractivity contribution >= 4 is 5.96 Å². The van der Waals surface area contributed by atoms with Crippen molar-refractivity contribution in [2.45, 2.75) is 19.7 Å². The minimum atomic E-state index is -0.314. The molecular formula is C16H19FN4O3. The summed E-state index contributed by atoms with van der Waals surface area (Å²) in [4.78, 5) is 6.13. The van der Waals surface area contributed by atoms with E-state index in [1.807, 2.05) is 11.9 Å². The van der Waals surface area contributed by atoms with Gasteiger partial charge in [0, 0.05) is 37.8 Å². The highest BCUT2D eigenvalue weighted by molar-refractivity contribution is 5.79. The zero-order valence-electron chi connectivity index (χ0n) is 13.6. The standard InChI is InChI=1S/C16H19FN4O3/c1-18-16(21(2)8-14-3-4-24-20-14)19-7-11-5-13(17)6-12-9-22-10-23-15(11)12/h3-6H,7-10H2,1-2H3,(H,18,19). The molecule has 0 fully saturated rings. The number of rotatable bonds is 4. The summed E-state index contributed by atoms with van der Waals surface area (Å²) in [6, 6.07) is 4.69. The Bertz CT molecular complexity index is 718. The summed E-state index contributed by atoms with van der Waals surface area (Å²) in [5.41, 5.74) is 2.23. The van der Waals surface area contributed by atoms with Crippen LogP contribution in [-0.4, -0.2) is 36.9 Å². The maximum absolute atomic E-state index is 13.8. The lowest BCUT2D eigenvalue weighted by atomic mass is 10.1. The van der Waals surface area contributed by atoms with Crippen molar-refractivity contribution in [3.8, 4) is 5.75 Å². The van der Waals surface area contributed by atoms with E-state index in [2.05, 4.69) is 15.5 Å². The lowest BCUT2D eigenvalue weighted by molar-refractivity contribution is -0.0173. The van der Waals surface area contributed by atoms with Crippen LogP contribution in [0, 0.1) is 5.82 Å². The van der Waals surface area contributed by atoms with Crippen molar-refractivity contribution in [3.05, 3.63) is 47.1 Å². The molecule has 0 saturated carbocycles. The molecule has 0 amide bonds. The number of guanidine groups is 1. The van der Waals surface area contributed by atoms with E-state index in [9.17, 15) is 4.39 Å². The largest absolute Gasteiger partial charge is 0.467 e. The van der Waals surface area contributed by atoms with E-state index in [1.54, 1.807) is 13.1 Å². The van der Waals surface area contributed by atoms with Crippen molar-refractivity contribution in [3.63, 3.8) is 0 Å². The SMILES string of the molecule is CN=C(NCc1cc(F)cc2c1OCOC2)N(C)Cc1ccon1. The number of aromatic nitrogens is 1. The van der Waals surface area contributed by atoms with Gasteiger partial charge >= 0.3 is 0 Å². The molecule has 1 N–H and O–H groups in total. The molecule has 2 heterocycles. The van der Waals surface area contributed by atoms with Crippen LogP contribution in [-0.2, 0) is 24.4 Å². The number of ether oxygens (including phenoxy) is 2. The second-order valence-corrected chi connectivity index (χ2v) is 5.41. The normalized spacial score (nSPS) is 14.0. The van der Waals surface area contributed by atoms with Gasteiger partial charge in [-0.1, -0.05) is 5.16 Å². The van der Waals surface area contributed by atoms with E-state index in [4.69, 9.17) is 14.0 Å². The number of hydrogen-bond donors (Lipinski definition) is 1. The monoisotopic (exact) mass is 334 g/mol. The maximum Gasteiger partial charge on any atom is 0.194 e. The molecule has 8 heteroatoms. The summed E-state index contributed by atoms with van der Waals surface area (Å²) in [7, 11) is 3.57. The minimum absolute atomic E-state index is 0.173. The molecule has 0 spiro atoms. The Labute approximate surface area is 139 Å². The molecule has 1 aliphatic rings. The lowest BCUT2D eigenvalue weighted by Gasteiger charge is -2.24. The molecule has 0 atom stereocenters. The fourth-order valence-corrected chi connectivity index (χ4v) is 2.58. The molecule has 0 saturated heterocycles. The summed E-state index contributed by atoms with van der Waals surface area (Å²) < 4.78 is 29.3. The number of nitrogens with zero attached hydrogens (tertiary/aromatic N) is 3. The Morgan fingerprint density at radius 3 is 3.08 bits per heavy atom. The summed E-state index contributed by atoms with van der Waals surface area (Å²) in [6.07, 6.45) is 1.53. The van der Waals surface area contributed by atoms with E-state index in [0.717, 1.165) is 11.3 Å². The van der Waals surface area contributed by atoms with Gasteiger partial charge in [0.25, 0.3) is 0 Å². The van der Waals surface area contributed by atoms with Crippen molar-refractivity contribution in [1.29, 1.82) is 0 Å². The van der Waals surface area contributed by atoms with Crippen LogP contribution >= 0.6 is 0 Å². The molecule has 0 radical (unpaired) electrons. The van der Waals surface area contributed by atoms with Crippen LogP contribution in [0.1, 0.15) is 16.8 Å². The first-order valence-corrected chi connectivity index (χ1v) is 7.50. The van der Waals surface area contributed by atoms with E-state index < -0.39 is 0 Å². The van der Waals surface area contributed by atoms with Crippen molar-refractivity contribution < 1.29 is 18.4 Å². The Balaban J connectivity index is 1.69. The summed E-state index contributed by atoms with van der Waals surface area (Å²) >= 11 is 0. The van der Waals surface area contributed by atoms with E-state index in [-0.39, 0.29) is 12.6 Å². The summed E-state index contributed by atoms with van der Waals surface area (Å²) in [5.74, 6) is 1.01. The highest BCUT2D eigenvalue weighted by Gasteiger charge is 2.17. The van der Waals surface area contributed by atoms with Gasteiger partial charge in [-0.15, -0.1) is 0 Å². The van der Waals surface area contributed by atoms with Crippen molar-refractivity contribution in [2.24, 2.45) is 4.99 Å². The zero-order valence-corrected chi connectivity index (χ0v) is 13.6. The third-order valence-corrected chi connectivity index (χ3v) is 3.65. The van der Waals surface area contributed by atoms with Crippen molar-refractivity contribution in [2.75, 3.05) is 20.9 Å². The van der Waals surface area contributed by atoms with Crippen LogP contribution < -0.4 is 10.1 Å². The highest BCUT2D eigenvalue weighted by atomic mass is 19.1. The van der Waals surface area contributed by atoms with Gasteiger partial charge in [-0.25, -0.2) is 4.39 Å². The Kier molecular flexibility index (Phi) is 4.95. The fourth-order valence-electron chi connectivity index (χ4n) is 2.58. The first-order chi connectivity index (χ1) is 11.7. The predicted octanol–water partition coefficient (Wildman–Crippen LogP) is 1.89. The summed E-state index contributed by atoms with van der Waals surface area (Å²) in [6.45, 7) is 1.45. The second-order valence-electron chi connectivity index (χ2n) is 5.41. The van der Waals surface area contributed by atoms with Gasteiger partial charge in [0.15, 0.2) is 12.8 Å². The number of aliphatic imine (C=N–C) groups is 1. The molecule has 0 aliphatic carbocycles. The first kappa shape index (κ1) is 16.3. The van der Waals surface area contributed by atoms with Crippen LogP contribution in [0.25, 0.3) is 0 Å². The van der Waals surface area contributed by atoms with Gasteiger partial charge in [0.05, 0.1) is 13.2 Å². The topological polar surface area (TPSA) is 72.1 Å². The van der Waals surface area contributed by atoms with Crippen molar-refractivity contribution in [1.82, 2.24) is 15.4 Å². The smallest absolute Gasteiger partial charge is 0.194 e. The molecule has 0 unspecified atom stereocenters. The highest BCUT2D eigenvalue weighted by Crippen LogP contribution is 2.29. The molecule has 7 nitrogen and oxygen atoms in total. The maximum atomic E-state index is 13.8. The van der Waals surface area contributed by atoms with Gasteiger partial charge < -0.3 is 24.2 Å². The van der Waals surface area contributed by atoms with Crippen LogP contribution in [0.3, 0.4) is 0 Å². The van der Waals surface area contributed by atoms with Gasteiger partial charge in [-0.05, 0) is 12.1 Å². The van der Waals surface area contributed by atoms with Crippen LogP contribution in [0.15, 0.2) is 34.0 Å². The van der Waals surface area contributed by atoms with E-state index in [0.29, 0.717) is 37.0 Å². The molecule has 24 heavy (non-hydrogen) atoms. The number of benzene rings is 1. The first-order valence-electron chi connectivity index (χ1n) is 7.50. The average Bonchev–Trinajstić information content (AvgIpc) is 3.08. The van der Waals surface area contributed by atoms with Crippen LogP contribution in [0.5, 0.6) is 5.75 Å². The second kappa shape index (κ2) is 7.31. The lowest BCUT2D eigenvalue weighted by Crippen LogP contribution is -2.38. The number of fused-ring (bicyclic) bond motifs is 1. The molecule has 3 rings (SSSR count). The molecular weight excluding hydrogens is 315 g/mol. The summed E-state index contributed by atoms with van der Waals surface area (Å²) in [5, 5.41) is 7.08. The van der Waals surface area contributed by atoms with Crippen LogP contribution in [0.2, 0.25) is 0 Å². The molecule has 1 aromatic heterocycles. The van der Waals surface area contributed by atoms with Crippen LogP contribution in [0.4, 0.5) is 4.39 Å². The minimum Gasteiger partial charge on any atom is -0.467 e. The number of nitrogens with one attached hydrogen (secondary N) is 1. The Hall–Kier alpha value is -2.61. The molecule has 0 bridgehead atoms. The third kappa shape index (κ3) is 3.65. The molecule has 1 aliphatic heterocycles. The number of halogens is 1. The Morgan fingerprint density at radius 2 is 2.33 bits per heavy atom. The van der Waals surface area contributed by atoms with Gasteiger partial charge in [-0.2, -0.15) is 0 Å². The third-order valence-electron chi connectivity index (χ3n) is 3.65. The molecule has 2 aromatic rings. The van der Waals surface area contributed by atoms with Gasteiger partial charge in [0.1, 0.15) is 23.5 Å². The molecule has 128 valence electrons. The van der Waals surface area contributed by atoms with Gasteiger partial charge in [0.2, 0.25) is 0 Å². The number of hydrogen-bond acceptors (Lipinski definition) is 5. The molecule has 1 aromatic carbocycles. The van der Waals surface area contributed by atoms with E-state index >= 15 is 0 Å². The average molecular weight is 334 g/mol. The van der Waals surface area contributed by atoms with Gasteiger partial charge in [-0.3, -0.25) is 4.99 Å².